The van der Waals surface area contributed by atoms with Gasteiger partial charge in [0.15, 0.2) is 0 Å². The summed E-state index contributed by atoms with van der Waals surface area (Å²) in [4.78, 5) is 22.9. The molecule has 0 saturated heterocycles. The summed E-state index contributed by atoms with van der Waals surface area (Å²) in [6, 6.07) is 8.94. The third-order valence-electron chi connectivity index (χ3n) is 4.07. The lowest BCUT2D eigenvalue weighted by Gasteiger charge is -2.12. The Bertz CT molecular complexity index is 701. The van der Waals surface area contributed by atoms with Gasteiger partial charge in [-0.05, 0) is 45.1 Å². The van der Waals surface area contributed by atoms with E-state index in [9.17, 15) is 9.59 Å². The molecule has 2 aromatic rings. The van der Waals surface area contributed by atoms with E-state index >= 15 is 0 Å². The third-order valence-corrected chi connectivity index (χ3v) is 4.07. The molecular formula is C19H25N3O3. The molecule has 3 N–H and O–H groups in total. The average Bonchev–Trinajstić information content (AvgIpc) is 3.34. The highest BCUT2D eigenvalue weighted by atomic mass is 16.5. The number of hydrogen-bond donors (Lipinski definition) is 2. The SMILES string of the molecule is CCOC(=O)C(C(C)=O)c1ccccc1.Cc1[nH]nc(N)c1C1CC1. The van der Waals surface area contributed by atoms with E-state index in [2.05, 4.69) is 10.2 Å². The first-order valence-electron chi connectivity index (χ1n) is 8.48. The summed E-state index contributed by atoms with van der Waals surface area (Å²) in [5, 5.41) is 6.81. The van der Waals surface area contributed by atoms with Crippen molar-refractivity contribution < 1.29 is 14.3 Å². The summed E-state index contributed by atoms with van der Waals surface area (Å²) in [5.74, 6) is -0.0549. The summed E-state index contributed by atoms with van der Waals surface area (Å²) in [6.45, 7) is 5.43. The van der Waals surface area contributed by atoms with Crippen LogP contribution in [-0.2, 0) is 14.3 Å². The van der Waals surface area contributed by atoms with Crippen molar-refractivity contribution in [3.63, 3.8) is 0 Å². The Morgan fingerprint density at radius 1 is 1.32 bits per heavy atom. The normalized spacial score (nSPS) is 14.2. The molecule has 1 aliphatic rings. The number of Topliss-reactive ketones (excluding diaryl/α,β-unsaturated/α-hetero) is 1. The van der Waals surface area contributed by atoms with Crippen LogP contribution in [0.15, 0.2) is 30.3 Å². The van der Waals surface area contributed by atoms with Crippen molar-refractivity contribution >= 4 is 17.6 Å². The van der Waals surface area contributed by atoms with Crippen LogP contribution in [0.4, 0.5) is 5.82 Å². The van der Waals surface area contributed by atoms with Crippen molar-refractivity contribution in [2.45, 2.75) is 45.4 Å². The zero-order chi connectivity index (χ0) is 18.4. The minimum atomic E-state index is -0.786. The van der Waals surface area contributed by atoms with Crippen molar-refractivity contribution in [1.29, 1.82) is 0 Å². The van der Waals surface area contributed by atoms with Gasteiger partial charge in [0, 0.05) is 11.3 Å². The molecule has 0 radical (unpaired) electrons. The Labute approximate surface area is 147 Å². The van der Waals surface area contributed by atoms with Crippen LogP contribution in [0.2, 0.25) is 0 Å². The van der Waals surface area contributed by atoms with Crippen molar-refractivity contribution in [1.82, 2.24) is 10.2 Å². The Hall–Kier alpha value is -2.63. The molecule has 6 heteroatoms. The molecule has 134 valence electrons. The first-order chi connectivity index (χ1) is 12.0. The van der Waals surface area contributed by atoms with Gasteiger partial charge in [0.05, 0.1) is 6.61 Å². The average molecular weight is 343 g/mol. The first-order valence-corrected chi connectivity index (χ1v) is 8.48. The molecule has 1 unspecified atom stereocenters. The quantitative estimate of drug-likeness (QED) is 0.642. The molecule has 1 aliphatic carbocycles. The lowest BCUT2D eigenvalue weighted by molar-refractivity contribution is -0.147. The number of nitrogens with one attached hydrogen (secondary N) is 1. The Morgan fingerprint density at radius 2 is 1.96 bits per heavy atom. The number of anilines is 1. The Balaban J connectivity index is 0.000000194. The number of nitrogens with two attached hydrogens (primary N) is 1. The number of aromatic nitrogens is 2. The molecule has 0 amide bonds. The van der Waals surface area contributed by atoms with Crippen LogP contribution in [0.5, 0.6) is 0 Å². The van der Waals surface area contributed by atoms with E-state index in [1.165, 1.54) is 25.3 Å². The molecule has 1 heterocycles. The summed E-state index contributed by atoms with van der Waals surface area (Å²) < 4.78 is 4.86. The molecule has 3 rings (SSSR count). The summed E-state index contributed by atoms with van der Waals surface area (Å²) in [5.41, 5.74) is 8.71. The lowest BCUT2D eigenvalue weighted by Crippen LogP contribution is -2.22. The second-order valence-corrected chi connectivity index (χ2v) is 6.13. The highest BCUT2D eigenvalue weighted by Crippen LogP contribution is 2.43. The van der Waals surface area contributed by atoms with Crippen LogP contribution in [0.1, 0.15) is 55.3 Å². The second kappa shape index (κ2) is 8.46. The first kappa shape index (κ1) is 18.7. The van der Waals surface area contributed by atoms with Crippen LogP contribution in [0.25, 0.3) is 0 Å². The van der Waals surface area contributed by atoms with E-state index in [0.717, 1.165) is 5.69 Å². The van der Waals surface area contributed by atoms with Crippen LogP contribution < -0.4 is 5.73 Å². The van der Waals surface area contributed by atoms with Crippen LogP contribution in [0.3, 0.4) is 0 Å². The third kappa shape index (κ3) is 4.92. The van der Waals surface area contributed by atoms with E-state index in [1.54, 1.807) is 31.2 Å². The van der Waals surface area contributed by atoms with Crippen molar-refractivity contribution in [2.24, 2.45) is 0 Å². The zero-order valence-corrected chi connectivity index (χ0v) is 14.9. The number of nitrogen functional groups attached to an aromatic ring is 1. The van der Waals surface area contributed by atoms with Gasteiger partial charge < -0.3 is 10.5 Å². The molecule has 1 aromatic heterocycles. The maximum Gasteiger partial charge on any atom is 0.320 e. The summed E-state index contributed by atoms with van der Waals surface area (Å²) in [6.07, 6.45) is 2.56. The van der Waals surface area contributed by atoms with Gasteiger partial charge in [-0.3, -0.25) is 14.7 Å². The maximum absolute atomic E-state index is 11.5. The smallest absolute Gasteiger partial charge is 0.320 e. The molecule has 6 nitrogen and oxygen atoms in total. The van der Waals surface area contributed by atoms with Crippen LogP contribution in [-0.4, -0.2) is 28.6 Å². The highest BCUT2D eigenvalue weighted by Gasteiger charge is 2.28. The van der Waals surface area contributed by atoms with Crippen molar-refractivity contribution in [3.05, 3.63) is 47.2 Å². The van der Waals surface area contributed by atoms with E-state index in [4.69, 9.17) is 10.5 Å². The molecule has 1 atom stereocenters. The number of hydrogen-bond acceptors (Lipinski definition) is 5. The lowest BCUT2D eigenvalue weighted by atomic mass is 9.96. The highest BCUT2D eigenvalue weighted by molar-refractivity contribution is 6.03. The minimum Gasteiger partial charge on any atom is -0.465 e. The molecule has 1 aromatic carbocycles. The molecule has 1 saturated carbocycles. The van der Waals surface area contributed by atoms with E-state index in [-0.39, 0.29) is 12.4 Å². The number of carbonyl (C=O) groups is 2. The molecular weight excluding hydrogens is 318 g/mol. The molecule has 25 heavy (non-hydrogen) atoms. The van der Waals surface area contributed by atoms with Gasteiger partial charge in [-0.25, -0.2) is 0 Å². The van der Waals surface area contributed by atoms with Gasteiger partial charge in [-0.1, -0.05) is 30.3 Å². The standard InChI is InChI=1S/C12H14O3.C7H11N3/c1-3-15-12(14)11(9(2)13)10-7-5-4-6-8-10;1-4-6(5-2-3-5)7(8)10-9-4/h4-8,11H,3H2,1-2H3;5H,2-3H2,1H3,(H3,8,9,10). The Kier molecular flexibility index (Phi) is 6.33. The molecule has 0 spiro atoms. The largest absolute Gasteiger partial charge is 0.465 e. The van der Waals surface area contributed by atoms with E-state index in [0.29, 0.717) is 17.3 Å². The summed E-state index contributed by atoms with van der Waals surface area (Å²) in [7, 11) is 0. The van der Waals surface area contributed by atoms with Gasteiger partial charge in [0.2, 0.25) is 0 Å². The van der Waals surface area contributed by atoms with Crippen LogP contribution in [0, 0.1) is 6.92 Å². The van der Waals surface area contributed by atoms with Gasteiger partial charge in [-0.15, -0.1) is 0 Å². The topological polar surface area (TPSA) is 98.1 Å². The fourth-order valence-corrected chi connectivity index (χ4v) is 2.75. The number of nitrogens with zero attached hydrogens (tertiary/aromatic N) is 1. The van der Waals surface area contributed by atoms with Crippen molar-refractivity contribution in [2.75, 3.05) is 12.3 Å². The minimum absolute atomic E-state index is 0.195. The van der Waals surface area contributed by atoms with Crippen LogP contribution >= 0.6 is 0 Å². The van der Waals surface area contributed by atoms with Gasteiger partial charge >= 0.3 is 5.97 Å². The number of benzene rings is 1. The van der Waals surface area contributed by atoms with Gasteiger partial charge in [-0.2, -0.15) is 5.10 Å². The second-order valence-electron chi connectivity index (χ2n) is 6.13. The molecule has 0 aliphatic heterocycles. The predicted octanol–water partition coefficient (Wildman–Crippen LogP) is 3.10. The van der Waals surface area contributed by atoms with E-state index < -0.39 is 11.9 Å². The number of esters is 1. The number of ketones is 1. The van der Waals surface area contributed by atoms with E-state index in [1.807, 2.05) is 13.0 Å². The maximum atomic E-state index is 11.5. The molecule has 0 bridgehead atoms. The summed E-state index contributed by atoms with van der Waals surface area (Å²) >= 11 is 0. The van der Waals surface area contributed by atoms with Crippen molar-refractivity contribution in [3.8, 4) is 0 Å². The number of ether oxygens (including phenoxy) is 1. The fraction of sp³-hybridized carbons (Fsp3) is 0.421. The zero-order valence-electron chi connectivity index (χ0n) is 14.9. The Morgan fingerprint density at radius 3 is 2.40 bits per heavy atom. The number of H-pyrrole nitrogens is 1. The number of rotatable bonds is 5. The monoisotopic (exact) mass is 343 g/mol. The van der Waals surface area contributed by atoms with Gasteiger partial charge in [0.1, 0.15) is 17.5 Å². The molecule has 1 fully saturated rings. The van der Waals surface area contributed by atoms with Gasteiger partial charge in [0.25, 0.3) is 0 Å². The predicted molar refractivity (Wildman–Crippen MR) is 96.2 cm³/mol. The number of aromatic amines is 1. The fourth-order valence-electron chi connectivity index (χ4n) is 2.75. The number of carbonyl (C=O) groups excluding carboxylic acids is 2. The number of aryl methyl sites for hydroxylation is 1.